The summed E-state index contributed by atoms with van der Waals surface area (Å²) in [6, 6.07) is 0. The van der Waals surface area contributed by atoms with E-state index in [1.165, 1.54) is 11.3 Å². The van der Waals surface area contributed by atoms with E-state index in [2.05, 4.69) is 5.32 Å². The van der Waals surface area contributed by atoms with Crippen molar-refractivity contribution in [3.05, 3.63) is 0 Å². The van der Waals surface area contributed by atoms with E-state index in [-0.39, 0.29) is 30.6 Å². The third-order valence-corrected chi connectivity index (χ3v) is 4.31. The lowest BCUT2D eigenvalue weighted by atomic mass is 9.78. The van der Waals surface area contributed by atoms with E-state index in [4.69, 9.17) is 0 Å². The lowest BCUT2D eigenvalue weighted by molar-refractivity contribution is -0.140. The third-order valence-electron chi connectivity index (χ3n) is 4.31. The average molecular weight is 290 g/mol. The van der Waals surface area contributed by atoms with Gasteiger partial charge >= 0.3 is 0 Å². The topological polar surface area (TPSA) is 52.7 Å². The SMILES string of the molecule is CN(C)C(=O)CC(=O)N1CCC2(CCNC2)CC1.Cl. The van der Waals surface area contributed by atoms with E-state index in [0.29, 0.717) is 5.41 Å². The molecule has 2 aliphatic rings. The maximum atomic E-state index is 12.0. The number of carbonyl (C=O) groups is 2. The minimum atomic E-state index is -0.109. The molecule has 110 valence electrons. The van der Waals surface area contributed by atoms with Crippen molar-refractivity contribution < 1.29 is 9.59 Å². The second-order valence-electron chi connectivity index (χ2n) is 5.77. The van der Waals surface area contributed by atoms with Crippen LogP contribution in [0.2, 0.25) is 0 Å². The summed E-state index contributed by atoms with van der Waals surface area (Å²) in [6.07, 6.45) is 3.38. The van der Waals surface area contributed by atoms with Crippen molar-refractivity contribution in [1.29, 1.82) is 0 Å². The van der Waals surface area contributed by atoms with E-state index < -0.39 is 0 Å². The van der Waals surface area contributed by atoms with Gasteiger partial charge in [0.15, 0.2) is 0 Å². The zero-order chi connectivity index (χ0) is 13.2. The van der Waals surface area contributed by atoms with Crippen molar-refractivity contribution in [2.75, 3.05) is 40.3 Å². The molecular formula is C13H24ClN3O2. The van der Waals surface area contributed by atoms with Crippen molar-refractivity contribution in [1.82, 2.24) is 15.1 Å². The van der Waals surface area contributed by atoms with Gasteiger partial charge in [0.2, 0.25) is 11.8 Å². The Balaban J connectivity index is 0.00000180. The molecule has 0 aromatic carbocycles. The number of amides is 2. The lowest BCUT2D eigenvalue weighted by Crippen LogP contribution is -2.45. The van der Waals surface area contributed by atoms with Crippen molar-refractivity contribution >= 4 is 24.2 Å². The first kappa shape index (κ1) is 16.2. The molecule has 2 fully saturated rings. The molecule has 0 radical (unpaired) electrons. The van der Waals surface area contributed by atoms with Gasteiger partial charge in [-0.05, 0) is 31.2 Å². The van der Waals surface area contributed by atoms with Crippen LogP contribution in [0.1, 0.15) is 25.7 Å². The van der Waals surface area contributed by atoms with Crippen LogP contribution in [0.4, 0.5) is 0 Å². The maximum absolute atomic E-state index is 12.0. The minimum absolute atomic E-state index is 0. The van der Waals surface area contributed by atoms with Crippen LogP contribution >= 0.6 is 12.4 Å². The summed E-state index contributed by atoms with van der Waals surface area (Å²) in [6.45, 7) is 3.81. The first-order chi connectivity index (χ1) is 8.52. The Labute approximate surface area is 121 Å². The molecule has 0 aromatic heterocycles. The van der Waals surface area contributed by atoms with E-state index in [1.54, 1.807) is 14.1 Å². The number of nitrogens with zero attached hydrogens (tertiary/aromatic N) is 2. The molecule has 1 N–H and O–H groups in total. The van der Waals surface area contributed by atoms with Crippen molar-refractivity contribution in [3.8, 4) is 0 Å². The third kappa shape index (κ3) is 3.83. The molecule has 0 aromatic rings. The molecule has 1 spiro atoms. The normalized spacial score (nSPS) is 21.1. The monoisotopic (exact) mass is 289 g/mol. The first-order valence-corrected chi connectivity index (χ1v) is 6.71. The lowest BCUT2D eigenvalue weighted by Gasteiger charge is -2.38. The molecule has 0 bridgehead atoms. The summed E-state index contributed by atoms with van der Waals surface area (Å²) < 4.78 is 0. The van der Waals surface area contributed by atoms with Gasteiger partial charge in [-0.2, -0.15) is 0 Å². The van der Waals surface area contributed by atoms with Gasteiger partial charge in [-0.1, -0.05) is 0 Å². The van der Waals surface area contributed by atoms with Crippen LogP contribution in [0.25, 0.3) is 0 Å². The van der Waals surface area contributed by atoms with Crippen LogP contribution in [-0.4, -0.2) is 61.9 Å². The summed E-state index contributed by atoms with van der Waals surface area (Å²) in [5, 5.41) is 3.41. The number of nitrogens with one attached hydrogen (secondary N) is 1. The fourth-order valence-electron chi connectivity index (χ4n) is 2.85. The number of hydrogen-bond donors (Lipinski definition) is 1. The zero-order valence-electron chi connectivity index (χ0n) is 11.8. The summed E-state index contributed by atoms with van der Waals surface area (Å²) in [7, 11) is 3.37. The fraction of sp³-hybridized carbons (Fsp3) is 0.846. The molecule has 2 heterocycles. The minimum Gasteiger partial charge on any atom is -0.348 e. The van der Waals surface area contributed by atoms with Gasteiger partial charge in [-0.25, -0.2) is 0 Å². The molecule has 0 unspecified atom stereocenters. The number of halogens is 1. The van der Waals surface area contributed by atoms with Gasteiger partial charge in [-0.3, -0.25) is 9.59 Å². The van der Waals surface area contributed by atoms with Gasteiger partial charge in [0.1, 0.15) is 6.42 Å². The van der Waals surface area contributed by atoms with Crippen LogP contribution in [0, 0.1) is 5.41 Å². The Morgan fingerprint density at radius 3 is 2.32 bits per heavy atom. The Bertz CT molecular complexity index is 331. The van der Waals surface area contributed by atoms with Crippen LogP contribution in [0.3, 0.4) is 0 Å². The van der Waals surface area contributed by atoms with E-state index >= 15 is 0 Å². The van der Waals surface area contributed by atoms with Gasteiger partial charge < -0.3 is 15.1 Å². The molecule has 2 amide bonds. The highest BCUT2D eigenvalue weighted by Crippen LogP contribution is 2.36. The van der Waals surface area contributed by atoms with Crippen molar-refractivity contribution in [3.63, 3.8) is 0 Å². The molecular weight excluding hydrogens is 266 g/mol. The van der Waals surface area contributed by atoms with Crippen molar-refractivity contribution in [2.24, 2.45) is 5.41 Å². The van der Waals surface area contributed by atoms with E-state index in [0.717, 1.165) is 39.0 Å². The maximum Gasteiger partial charge on any atom is 0.232 e. The summed E-state index contributed by atoms with van der Waals surface area (Å²) in [5.41, 5.74) is 0.419. The molecule has 5 nitrogen and oxygen atoms in total. The largest absolute Gasteiger partial charge is 0.348 e. The predicted octanol–water partition coefficient (Wildman–Crippen LogP) is 0.489. The fourth-order valence-corrected chi connectivity index (χ4v) is 2.85. The summed E-state index contributed by atoms with van der Waals surface area (Å²) in [5.74, 6) is -0.127. The molecule has 2 saturated heterocycles. The molecule has 0 saturated carbocycles. The summed E-state index contributed by atoms with van der Waals surface area (Å²) >= 11 is 0. The van der Waals surface area contributed by atoms with E-state index in [9.17, 15) is 9.59 Å². The Hall–Kier alpha value is -0.810. The number of likely N-dealkylation sites (tertiary alicyclic amines) is 1. The first-order valence-electron chi connectivity index (χ1n) is 6.71. The summed E-state index contributed by atoms with van der Waals surface area (Å²) in [4.78, 5) is 26.8. The second-order valence-corrected chi connectivity index (χ2v) is 5.77. The highest BCUT2D eigenvalue weighted by molar-refractivity contribution is 5.96. The molecule has 6 heteroatoms. The average Bonchev–Trinajstić information content (AvgIpc) is 2.78. The van der Waals surface area contributed by atoms with Crippen LogP contribution in [0.15, 0.2) is 0 Å². The number of carbonyl (C=O) groups excluding carboxylic acids is 2. The Kier molecular flexibility index (Phi) is 5.62. The van der Waals surface area contributed by atoms with Crippen LogP contribution in [-0.2, 0) is 9.59 Å². The number of piperidine rings is 1. The van der Waals surface area contributed by atoms with Crippen molar-refractivity contribution in [2.45, 2.75) is 25.7 Å². The quantitative estimate of drug-likeness (QED) is 0.753. The second kappa shape index (κ2) is 6.57. The molecule has 0 atom stereocenters. The number of hydrogen-bond acceptors (Lipinski definition) is 3. The molecule has 2 rings (SSSR count). The zero-order valence-corrected chi connectivity index (χ0v) is 12.6. The Morgan fingerprint density at radius 2 is 1.84 bits per heavy atom. The smallest absolute Gasteiger partial charge is 0.232 e. The molecule has 19 heavy (non-hydrogen) atoms. The van der Waals surface area contributed by atoms with Crippen LogP contribution < -0.4 is 5.32 Å². The molecule has 2 aliphatic heterocycles. The highest BCUT2D eigenvalue weighted by atomic mass is 35.5. The van der Waals surface area contributed by atoms with E-state index in [1.807, 2.05) is 4.90 Å². The Morgan fingerprint density at radius 1 is 1.21 bits per heavy atom. The molecule has 0 aliphatic carbocycles. The van der Waals surface area contributed by atoms with Gasteiger partial charge in [0.05, 0.1) is 0 Å². The number of rotatable bonds is 2. The van der Waals surface area contributed by atoms with Gasteiger partial charge in [0.25, 0.3) is 0 Å². The van der Waals surface area contributed by atoms with Gasteiger partial charge in [0, 0.05) is 33.7 Å². The predicted molar refractivity (Wildman–Crippen MR) is 76.3 cm³/mol. The van der Waals surface area contributed by atoms with Crippen LogP contribution in [0.5, 0.6) is 0 Å². The standard InChI is InChI=1S/C13H23N3O2.ClH/c1-15(2)11(17)9-12(18)16-7-4-13(5-8-16)3-6-14-10-13;/h14H,3-10H2,1-2H3;1H. The highest BCUT2D eigenvalue weighted by Gasteiger charge is 2.38. The van der Waals surface area contributed by atoms with Gasteiger partial charge in [-0.15, -0.1) is 12.4 Å².